The van der Waals surface area contributed by atoms with Gasteiger partial charge in [0.05, 0.1) is 15.7 Å². The summed E-state index contributed by atoms with van der Waals surface area (Å²) in [6.45, 7) is 1.82. The highest BCUT2D eigenvalue weighted by atomic mass is 79.9. The highest BCUT2D eigenvalue weighted by Gasteiger charge is 2.05. The minimum Gasteiger partial charge on any atom is -0.483 e. The van der Waals surface area contributed by atoms with Gasteiger partial charge in [0, 0.05) is 10.6 Å². The summed E-state index contributed by atoms with van der Waals surface area (Å²) in [5, 5.41) is 4.83. The summed E-state index contributed by atoms with van der Waals surface area (Å²) in [5.41, 5.74) is 4.12. The molecular weight excluding hydrogens is 403 g/mol. The molecule has 2 rings (SSSR count). The molecule has 120 valence electrons. The third kappa shape index (κ3) is 5.53. The van der Waals surface area contributed by atoms with E-state index in [0.717, 1.165) is 10.0 Å². The molecule has 0 radical (unpaired) electrons. The first-order valence-electron chi connectivity index (χ1n) is 6.61. The van der Waals surface area contributed by atoms with Crippen molar-refractivity contribution in [2.75, 3.05) is 6.61 Å². The number of halogens is 3. The molecular formula is C16H13BrCl2N2O2. The van der Waals surface area contributed by atoms with Crippen LogP contribution in [0.15, 0.2) is 46.0 Å². The third-order valence-corrected chi connectivity index (χ3v) is 3.98. The van der Waals surface area contributed by atoms with Gasteiger partial charge in [0.15, 0.2) is 6.61 Å². The van der Waals surface area contributed by atoms with Crippen molar-refractivity contribution in [2.24, 2.45) is 5.10 Å². The maximum atomic E-state index is 11.7. The Kier molecular flexibility index (Phi) is 6.45. The normalized spacial score (nSPS) is 10.8. The molecule has 7 heteroatoms. The van der Waals surface area contributed by atoms with Crippen LogP contribution in [0, 0.1) is 6.92 Å². The Labute approximate surface area is 152 Å². The smallest absolute Gasteiger partial charge is 0.277 e. The van der Waals surface area contributed by atoms with Gasteiger partial charge in [-0.15, -0.1) is 0 Å². The van der Waals surface area contributed by atoms with Crippen LogP contribution in [-0.2, 0) is 4.79 Å². The Morgan fingerprint density at radius 2 is 2.09 bits per heavy atom. The number of hydrazone groups is 1. The number of hydrogen-bond donors (Lipinski definition) is 1. The second-order valence-electron chi connectivity index (χ2n) is 4.68. The number of benzene rings is 2. The van der Waals surface area contributed by atoms with Crippen LogP contribution in [0.2, 0.25) is 10.0 Å². The molecule has 23 heavy (non-hydrogen) atoms. The number of nitrogens with zero attached hydrogens (tertiary/aromatic N) is 1. The van der Waals surface area contributed by atoms with E-state index < -0.39 is 0 Å². The minimum atomic E-state index is -0.376. The number of amides is 1. The van der Waals surface area contributed by atoms with E-state index in [4.69, 9.17) is 27.9 Å². The zero-order valence-corrected chi connectivity index (χ0v) is 15.2. The number of ether oxygens (including phenoxy) is 1. The topological polar surface area (TPSA) is 50.7 Å². The molecule has 0 saturated carbocycles. The predicted octanol–water partition coefficient (Wildman–Crippen LogP) is 4.59. The van der Waals surface area contributed by atoms with Crippen molar-refractivity contribution >= 4 is 51.3 Å². The van der Waals surface area contributed by atoms with Gasteiger partial charge in [0.1, 0.15) is 5.75 Å². The predicted molar refractivity (Wildman–Crippen MR) is 96.6 cm³/mol. The molecule has 0 bridgehead atoms. The van der Waals surface area contributed by atoms with Crippen molar-refractivity contribution in [1.82, 2.24) is 5.43 Å². The average Bonchev–Trinajstić information content (AvgIpc) is 2.48. The van der Waals surface area contributed by atoms with E-state index in [2.05, 4.69) is 26.5 Å². The van der Waals surface area contributed by atoms with Crippen LogP contribution in [0.5, 0.6) is 5.75 Å². The molecule has 0 fully saturated rings. The summed E-state index contributed by atoms with van der Waals surface area (Å²) < 4.78 is 6.21. The SMILES string of the molecule is Cc1ccc(OCC(=O)NN=Cc2ccc(Cl)cc2Cl)c(Br)c1. The molecule has 0 unspecified atom stereocenters. The lowest BCUT2D eigenvalue weighted by atomic mass is 10.2. The Balaban J connectivity index is 1.86. The van der Waals surface area contributed by atoms with Crippen molar-refractivity contribution < 1.29 is 9.53 Å². The highest BCUT2D eigenvalue weighted by molar-refractivity contribution is 9.10. The molecule has 1 amide bonds. The number of hydrogen-bond acceptors (Lipinski definition) is 3. The zero-order valence-electron chi connectivity index (χ0n) is 12.1. The van der Waals surface area contributed by atoms with Crippen LogP contribution in [0.4, 0.5) is 0 Å². The first-order chi connectivity index (χ1) is 11.0. The second kappa shape index (κ2) is 8.34. The highest BCUT2D eigenvalue weighted by Crippen LogP contribution is 2.25. The number of aryl methyl sites for hydroxylation is 1. The summed E-state index contributed by atoms with van der Waals surface area (Å²) in [6, 6.07) is 10.6. The number of rotatable bonds is 5. The fraction of sp³-hybridized carbons (Fsp3) is 0.125. The van der Waals surface area contributed by atoms with E-state index in [0.29, 0.717) is 21.4 Å². The molecule has 0 heterocycles. The summed E-state index contributed by atoms with van der Waals surface area (Å²) in [7, 11) is 0. The van der Waals surface area contributed by atoms with Crippen LogP contribution in [0.1, 0.15) is 11.1 Å². The van der Waals surface area contributed by atoms with Crippen LogP contribution in [0.25, 0.3) is 0 Å². The summed E-state index contributed by atoms with van der Waals surface area (Å²) >= 11 is 15.2. The fourth-order valence-electron chi connectivity index (χ4n) is 1.68. The van der Waals surface area contributed by atoms with Gasteiger partial charge < -0.3 is 4.74 Å². The largest absolute Gasteiger partial charge is 0.483 e. The van der Waals surface area contributed by atoms with Gasteiger partial charge in [-0.2, -0.15) is 5.10 Å². The van der Waals surface area contributed by atoms with E-state index in [-0.39, 0.29) is 12.5 Å². The van der Waals surface area contributed by atoms with Crippen molar-refractivity contribution in [3.05, 3.63) is 62.0 Å². The first-order valence-corrected chi connectivity index (χ1v) is 8.16. The monoisotopic (exact) mass is 414 g/mol. The molecule has 0 spiro atoms. The van der Waals surface area contributed by atoms with Gasteiger partial charge in [-0.05, 0) is 52.7 Å². The Morgan fingerprint density at radius 1 is 1.30 bits per heavy atom. The van der Waals surface area contributed by atoms with Crippen LogP contribution >= 0.6 is 39.1 Å². The van der Waals surface area contributed by atoms with Crippen molar-refractivity contribution in [2.45, 2.75) is 6.92 Å². The minimum absolute atomic E-state index is 0.145. The summed E-state index contributed by atoms with van der Waals surface area (Å²) in [4.78, 5) is 11.7. The summed E-state index contributed by atoms with van der Waals surface area (Å²) in [6.07, 6.45) is 1.44. The molecule has 4 nitrogen and oxygen atoms in total. The Bertz CT molecular complexity index is 751. The lowest BCUT2D eigenvalue weighted by molar-refractivity contribution is -0.123. The molecule has 1 N–H and O–H groups in total. The van der Waals surface area contributed by atoms with Gasteiger partial charge in [-0.1, -0.05) is 35.3 Å². The maximum absolute atomic E-state index is 11.7. The third-order valence-electron chi connectivity index (χ3n) is 2.80. The average molecular weight is 416 g/mol. The lowest BCUT2D eigenvalue weighted by Crippen LogP contribution is -2.24. The molecule has 0 aromatic heterocycles. The lowest BCUT2D eigenvalue weighted by Gasteiger charge is -2.07. The Hall–Kier alpha value is -1.56. The van der Waals surface area contributed by atoms with E-state index >= 15 is 0 Å². The van der Waals surface area contributed by atoms with E-state index in [1.54, 1.807) is 24.3 Å². The van der Waals surface area contributed by atoms with E-state index in [1.165, 1.54) is 6.21 Å². The van der Waals surface area contributed by atoms with Gasteiger partial charge in [0.25, 0.3) is 5.91 Å². The van der Waals surface area contributed by atoms with Crippen LogP contribution in [0.3, 0.4) is 0 Å². The maximum Gasteiger partial charge on any atom is 0.277 e. The standard InChI is InChI=1S/C16H13BrCl2N2O2/c1-10-2-5-15(13(17)6-10)23-9-16(22)21-20-8-11-3-4-12(18)7-14(11)19/h2-8H,9H2,1H3,(H,21,22). The van der Waals surface area contributed by atoms with E-state index in [1.807, 2.05) is 19.1 Å². The van der Waals surface area contributed by atoms with Gasteiger partial charge in [0.2, 0.25) is 0 Å². The van der Waals surface area contributed by atoms with Gasteiger partial charge in [-0.3, -0.25) is 4.79 Å². The molecule has 2 aromatic rings. The molecule has 0 saturated heterocycles. The fourth-order valence-corrected chi connectivity index (χ4v) is 2.74. The molecule has 0 aliphatic rings. The quantitative estimate of drug-likeness (QED) is 0.573. The second-order valence-corrected chi connectivity index (χ2v) is 6.38. The summed E-state index contributed by atoms with van der Waals surface area (Å²) in [5.74, 6) is 0.217. The van der Waals surface area contributed by atoms with Crippen molar-refractivity contribution in [3.63, 3.8) is 0 Å². The molecule has 0 aliphatic carbocycles. The number of nitrogens with one attached hydrogen (secondary N) is 1. The van der Waals surface area contributed by atoms with Crippen molar-refractivity contribution in [3.8, 4) is 5.75 Å². The van der Waals surface area contributed by atoms with E-state index in [9.17, 15) is 4.79 Å². The van der Waals surface area contributed by atoms with Crippen LogP contribution in [-0.4, -0.2) is 18.7 Å². The van der Waals surface area contributed by atoms with Crippen LogP contribution < -0.4 is 10.2 Å². The molecule has 0 atom stereocenters. The van der Waals surface area contributed by atoms with Crippen molar-refractivity contribution in [1.29, 1.82) is 0 Å². The van der Waals surface area contributed by atoms with Gasteiger partial charge >= 0.3 is 0 Å². The zero-order chi connectivity index (χ0) is 16.8. The first kappa shape index (κ1) is 17.8. The van der Waals surface area contributed by atoms with Gasteiger partial charge in [-0.25, -0.2) is 5.43 Å². The molecule has 2 aromatic carbocycles. The number of carbonyl (C=O) groups excluding carboxylic acids is 1. The number of carbonyl (C=O) groups is 1. The Morgan fingerprint density at radius 3 is 2.78 bits per heavy atom. The molecule has 0 aliphatic heterocycles.